The number of rotatable bonds is 4. The number of alkyl halides is 3. The van der Waals surface area contributed by atoms with Crippen LogP contribution in [0.25, 0.3) is 0 Å². The van der Waals surface area contributed by atoms with E-state index in [1.807, 2.05) is 0 Å². The normalized spacial score (nSPS) is 14.7. The van der Waals surface area contributed by atoms with E-state index < -0.39 is 32.9 Å². The molecule has 15 heavy (non-hydrogen) atoms. The van der Waals surface area contributed by atoms with E-state index in [-0.39, 0.29) is 6.61 Å². The fraction of sp³-hybridized carbons (Fsp3) is 0.833. The Balaban J connectivity index is 4.78. The smallest absolute Gasteiger partial charge is 0.407 e. The number of carbonyl (C=O) groups is 1. The molecule has 0 aromatic carbocycles. The maximum Gasteiger partial charge on any atom is 0.407 e. The summed E-state index contributed by atoms with van der Waals surface area (Å²) in [5, 5.41) is -2.93. The Morgan fingerprint density at radius 1 is 1.47 bits per heavy atom. The molecule has 9 heteroatoms. The monoisotopic (exact) mass is 268 g/mol. The van der Waals surface area contributed by atoms with Crippen molar-refractivity contribution >= 4 is 25.7 Å². The zero-order valence-electron chi connectivity index (χ0n) is 7.54. The minimum absolute atomic E-state index is 0.133. The second-order valence-corrected chi connectivity index (χ2v) is 5.33. The van der Waals surface area contributed by atoms with Crippen LogP contribution in [0.3, 0.4) is 0 Å². The maximum absolute atomic E-state index is 12.1. The number of esters is 1. The van der Waals surface area contributed by atoms with E-state index in [9.17, 15) is 26.4 Å². The van der Waals surface area contributed by atoms with Gasteiger partial charge in [0.1, 0.15) is 0 Å². The van der Waals surface area contributed by atoms with Gasteiger partial charge in [0.25, 0.3) is 0 Å². The Labute approximate surface area is 88.8 Å². The molecule has 0 radical (unpaired) electrons. The van der Waals surface area contributed by atoms with Crippen molar-refractivity contribution in [3.8, 4) is 0 Å². The molecule has 0 aliphatic carbocycles. The van der Waals surface area contributed by atoms with Gasteiger partial charge in [-0.2, -0.15) is 13.2 Å². The average molecular weight is 269 g/mol. The summed E-state index contributed by atoms with van der Waals surface area (Å²) in [4.78, 5) is 10.7. The molecule has 0 N–H and O–H groups in total. The standard InChI is InChI=1S/C6H8ClF3O4S/c1-2-14-5(11)3-4(6(8,9)10)15(7,12)13/h4H,2-3H2,1H3/t4-/m1/s1. The fourth-order valence-corrected chi connectivity index (χ4v) is 1.89. The highest BCUT2D eigenvalue weighted by Gasteiger charge is 2.49. The van der Waals surface area contributed by atoms with Crippen LogP contribution in [-0.2, 0) is 18.6 Å². The summed E-state index contributed by atoms with van der Waals surface area (Å²) in [5.74, 6) is -1.26. The first kappa shape index (κ1) is 14.5. The maximum atomic E-state index is 12.1. The lowest BCUT2D eigenvalue weighted by atomic mass is 10.3. The van der Waals surface area contributed by atoms with Crippen molar-refractivity contribution in [1.29, 1.82) is 0 Å². The van der Waals surface area contributed by atoms with E-state index in [4.69, 9.17) is 0 Å². The molecule has 4 nitrogen and oxygen atoms in total. The third-order valence-corrected chi connectivity index (χ3v) is 3.12. The molecule has 0 aliphatic heterocycles. The Kier molecular flexibility index (Phi) is 4.85. The third-order valence-electron chi connectivity index (χ3n) is 1.36. The van der Waals surface area contributed by atoms with Crippen molar-refractivity contribution in [2.24, 2.45) is 0 Å². The van der Waals surface area contributed by atoms with Crippen molar-refractivity contribution < 1.29 is 31.1 Å². The van der Waals surface area contributed by atoms with Gasteiger partial charge in [-0.3, -0.25) is 4.79 Å². The highest BCUT2D eigenvalue weighted by Crippen LogP contribution is 2.30. The van der Waals surface area contributed by atoms with Gasteiger partial charge in [-0.15, -0.1) is 0 Å². The highest BCUT2D eigenvalue weighted by molar-refractivity contribution is 8.14. The van der Waals surface area contributed by atoms with Crippen LogP contribution in [0.2, 0.25) is 0 Å². The summed E-state index contributed by atoms with van der Waals surface area (Å²) >= 11 is 0. The second-order valence-electron chi connectivity index (χ2n) is 2.51. The largest absolute Gasteiger partial charge is 0.466 e. The Morgan fingerprint density at radius 3 is 2.20 bits per heavy atom. The molecule has 0 saturated heterocycles. The zero-order chi connectivity index (χ0) is 12.3. The molecular formula is C6H8ClF3O4S. The van der Waals surface area contributed by atoms with E-state index in [0.29, 0.717) is 0 Å². The van der Waals surface area contributed by atoms with Gasteiger partial charge < -0.3 is 4.74 Å². The van der Waals surface area contributed by atoms with Gasteiger partial charge in [-0.05, 0) is 6.92 Å². The molecule has 0 heterocycles. The van der Waals surface area contributed by atoms with E-state index in [0.717, 1.165) is 0 Å². The molecule has 0 aromatic heterocycles. The Morgan fingerprint density at radius 2 is 1.93 bits per heavy atom. The second kappa shape index (κ2) is 5.02. The molecule has 0 saturated carbocycles. The molecule has 0 aliphatic rings. The third kappa shape index (κ3) is 5.22. The van der Waals surface area contributed by atoms with E-state index >= 15 is 0 Å². The van der Waals surface area contributed by atoms with Crippen LogP contribution >= 0.6 is 10.7 Å². The molecule has 90 valence electrons. The predicted molar refractivity (Wildman–Crippen MR) is 45.9 cm³/mol. The first-order valence-corrected chi connectivity index (χ1v) is 6.12. The van der Waals surface area contributed by atoms with Gasteiger partial charge in [-0.1, -0.05) is 0 Å². The van der Waals surface area contributed by atoms with Crippen LogP contribution in [0.1, 0.15) is 13.3 Å². The van der Waals surface area contributed by atoms with Crippen molar-refractivity contribution in [3.63, 3.8) is 0 Å². The van der Waals surface area contributed by atoms with Crippen LogP contribution in [-0.4, -0.2) is 32.4 Å². The van der Waals surface area contributed by atoms with Crippen molar-refractivity contribution in [1.82, 2.24) is 0 Å². The number of hydrogen-bond acceptors (Lipinski definition) is 4. The lowest BCUT2D eigenvalue weighted by Crippen LogP contribution is -2.36. The van der Waals surface area contributed by atoms with Crippen LogP contribution in [0.5, 0.6) is 0 Å². The quantitative estimate of drug-likeness (QED) is 0.572. The van der Waals surface area contributed by atoms with Gasteiger partial charge in [0.05, 0.1) is 13.0 Å². The molecule has 0 fully saturated rings. The highest BCUT2D eigenvalue weighted by atomic mass is 35.7. The number of halogens is 4. The van der Waals surface area contributed by atoms with E-state index in [1.54, 1.807) is 0 Å². The summed E-state index contributed by atoms with van der Waals surface area (Å²) in [6.07, 6.45) is -6.42. The van der Waals surface area contributed by atoms with Crippen LogP contribution in [0, 0.1) is 0 Å². The van der Waals surface area contributed by atoms with Crippen LogP contribution in [0.15, 0.2) is 0 Å². The van der Waals surface area contributed by atoms with Gasteiger partial charge in [0, 0.05) is 10.7 Å². The summed E-state index contributed by atoms with van der Waals surface area (Å²) < 4.78 is 61.7. The molecule has 0 bridgehead atoms. The molecule has 0 aromatic rings. The topological polar surface area (TPSA) is 60.4 Å². The Hall–Kier alpha value is -0.500. The van der Waals surface area contributed by atoms with Crippen LogP contribution < -0.4 is 0 Å². The summed E-state index contributed by atoms with van der Waals surface area (Å²) in [6.45, 7) is 1.25. The minimum Gasteiger partial charge on any atom is -0.466 e. The molecular weight excluding hydrogens is 261 g/mol. The molecule has 0 spiro atoms. The van der Waals surface area contributed by atoms with Gasteiger partial charge in [0.15, 0.2) is 5.25 Å². The molecule has 1 atom stereocenters. The van der Waals surface area contributed by atoms with Gasteiger partial charge in [0.2, 0.25) is 9.05 Å². The lowest BCUT2D eigenvalue weighted by molar-refractivity contribution is -0.154. The van der Waals surface area contributed by atoms with Gasteiger partial charge in [-0.25, -0.2) is 8.42 Å². The summed E-state index contributed by atoms with van der Waals surface area (Å²) in [7, 11) is -0.317. The number of hydrogen-bond donors (Lipinski definition) is 0. The Bertz CT molecular complexity index is 324. The molecule has 0 unspecified atom stereocenters. The molecule has 0 amide bonds. The van der Waals surface area contributed by atoms with E-state index in [1.165, 1.54) is 6.92 Å². The predicted octanol–water partition coefficient (Wildman–Crippen LogP) is 1.44. The average Bonchev–Trinajstić information content (AvgIpc) is 1.96. The fourth-order valence-electron chi connectivity index (χ4n) is 0.746. The minimum atomic E-state index is -5.09. The first-order chi connectivity index (χ1) is 6.59. The SMILES string of the molecule is CCOC(=O)C[C@H](C(F)(F)F)S(=O)(=O)Cl. The number of ether oxygens (including phenoxy) is 1. The van der Waals surface area contributed by atoms with Crippen molar-refractivity contribution in [3.05, 3.63) is 0 Å². The van der Waals surface area contributed by atoms with Crippen molar-refractivity contribution in [2.45, 2.75) is 24.8 Å². The van der Waals surface area contributed by atoms with Gasteiger partial charge >= 0.3 is 12.1 Å². The zero-order valence-corrected chi connectivity index (χ0v) is 9.12. The van der Waals surface area contributed by atoms with Crippen molar-refractivity contribution in [2.75, 3.05) is 6.61 Å². The lowest BCUT2D eigenvalue weighted by Gasteiger charge is -2.15. The first-order valence-electron chi connectivity index (χ1n) is 3.74. The van der Waals surface area contributed by atoms with E-state index in [2.05, 4.69) is 15.4 Å². The molecule has 0 rings (SSSR count). The summed E-state index contributed by atoms with van der Waals surface area (Å²) in [6, 6.07) is 0. The number of carbonyl (C=O) groups excluding carboxylic acids is 1. The van der Waals surface area contributed by atoms with Crippen LogP contribution in [0.4, 0.5) is 13.2 Å². The summed E-state index contributed by atoms with van der Waals surface area (Å²) in [5.41, 5.74) is 0.